The van der Waals surface area contributed by atoms with Gasteiger partial charge in [-0.3, -0.25) is 9.52 Å². The van der Waals surface area contributed by atoms with E-state index < -0.39 is 24.3 Å². The lowest BCUT2D eigenvalue weighted by molar-refractivity contribution is -0.136. The number of nitrogens with one attached hydrogen (secondary N) is 2. The summed E-state index contributed by atoms with van der Waals surface area (Å²) in [6, 6.07) is 12.6. The third-order valence-electron chi connectivity index (χ3n) is 6.83. The number of carboxylic acid groups (broad SMARTS) is 1. The second kappa shape index (κ2) is 11.8. The van der Waals surface area contributed by atoms with Gasteiger partial charge >= 0.3 is 5.97 Å². The number of sulfonamides is 1. The zero-order chi connectivity index (χ0) is 27.3. The summed E-state index contributed by atoms with van der Waals surface area (Å²) in [6.45, 7) is 10.6. The predicted molar refractivity (Wildman–Crippen MR) is 147 cm³/mol. The number of carbonyl (C=O) groups is 1. The first-order valence-electron chi connectivity index (χ1n) is 12.0. The van der Waals surface area contributed by atoms with Crippen LogP contribution in [0.3, 0.4) is 0 Å². The first-order chi connectivity index (χ1) is 16.5. The van der Waals surface area contributed by atoms with Gasteiger partial charge in [0.1, 0.15) is 5.75 Å². The van der Waals surface area contributed by atoms with Crippen LogP contribution in [0.25, 0.3) is 0 Å². The maximum Gasteiger partial charge on any atom is 0.307 e. The van der Waals surface area contributed by atoms with Crippen molar-refractivity contribution < 1.29 is 28.2 Å². The highest BCUT2D eigenvalue weighted by Crippen LogP contribution is 2.44. The van der Waals surface area contributed by atoms with Crippen molar-refractivity contribution in [1.82, 2.24) is 5.32 Å². The van der Waals surface area contributed by atoms with E-state index in [0.29, 0.717) is 13.0 Å². The molecule has 2 rings (SSSR count). The quantitative estimate of drug-likeness (QED) is 0.192. The van der Waals surface area contributed by atoms with Crippen LogP contribution in [-0.4, -0.2) is 56.6 Å². The van der Waals surface area contributed by atoms with E-state index in [1.807, 2.05) is 37.4 Å². The van der Waals surface area contributed by atoms with Crippen molar-refractivity contribution in [2.75, 3.05) is 17.5 Å². The van der Waals surface area contributed by atoms with Gasteiger partial charge in [0.05, 0.1) is 18.4 Å². The number of aromatic hydroxyl groups is 1. The molecule has 0 heterocycles. The monoisotopic (exact) mass is 536 g/mol. The topological polar surface area (TPSA) is 136 Å². The van der Waals surface area contributed by atoms with E-state index in [1.54, 1.807) is 12.1 Å². The van der Waals surface area contributed by atoms with Crippen molar-refractivity contribution in [2.24, 2.45) is 0 Å². The van der Waals surface area contributed by atoms with Crippen molar-refractivity contribution in [3.8, 4) is 5.75 Å². The molecule has 0 amide bonds. The molecule has 36 heavy (non-hydrogen) atoms. The smallest absolute Gasteiger partial charge is 0.307 e. The molecule has 0 fully saturated rings. The number of phenols is 1. The molecule has 0 unspecified atom stereocenters. The molecule has 0 aliphatic rings. The van der Waals surface area contributed by atoms with E-state index in [0.717, 1.165) is 29.4 Å². The minimum atomic E-state index is -3.56. The van der Waals surface area contributed by atoms with Gasteiger partial charge in [-0.25, -0.2) is 8.42 Å². The molecular formula is C26H40N2O6SSi. The number of rotatable bonds is 13. The third kappa shape index (κ3) is 9.23. The van der Waals surface area contributed by atoms with Gasteiger partial charge in [0.15, 0.2) is 8.32 Å². The normalized spacial score (nSPS) is 14.3. The number of aliphatic carboxylic acids is 1. The molecule has 0 saturated carbocycles. The molecule has 200 valence electrons. The second-order valence-corrected chi connectivity index (χ2v) is 17.1. The van der Waals surface area contributed by atoms with E-state index >= 15 is 0 Å². The predicted octanol–water partition coefficient (Wildman–Crippen LogP) is 4.06. The zero-order valence-electron chi connectivity index (χ0n) is 22.0. The van der Waals surface area contributed by atoms with Crippen LogP contribution in [0.2, 0.25) is 18.1 Å². The lowest BCUT2D eigenvalue weighted by atomic mass is 9.88. The van der Waals surface area contributed by atoms with Crippen LogP contribution < -0.4 is 10.0 Å². The highest BCUT2D eigenvalue weighted by atomic mass is 32.2. The molecule has 0 spiro atoms. The molecule has 0 radical (unpaired) electrons. The average Bonchev–Trinajstić information content (AvgIpc) is 2.72. The van der Waals surface area contributed by atoms with Gasteiger partial charge in [0.2, 0.25) is 10.0 Å². The van der Waals surface area contributed by atoms with Crippen LogP contribution in [0, 0.1) is 0 Å². The van der Waals surface area contributed by atoms with Gasteiger partial charge in [-0.05, 0) is 72.6 Å². The molecule has 5 N–H and O–H groups in total. The van der Waals surface area contributed by atoms with Crippen molar-refractivity contribution in [3.63, 3.8) is 0 Å². The summed E-state index contributed by atoms with van der Waals surface area (Å²) in [5, 5.41) is 22.4. The number of carboxylic acids is 1. The molecule has 2 aromatic carbocycles. The lowest BCUT2D eigenvalue weighted by Crippen LogP contribution is -2.41. The Bertz CT molecular complexity index is 1140. The maximum atomic E-state index is 11.8. The Hall–Kier alpha value is -2.40. The largest absolute Gasteiger partial charge is 0.506 e. The molecule has 0 bridgehead atoms. The first-order valence-corrected chi connectivity index (χ1v) is 16.9. The van der Waals surface area contributed by atoms with Crippen LogP contribution in [0.5, 0.6) is 5.75 Å². The summed E-state index contributed by atoms with van der Waals surface area (Å²) in [6.07, 6.45) is 2.46. The number of phenolic OH excluding ortho intramolecular Hbond substituents is 1. The minimum Gasteiger partial charge on any atom is -0.506 e. The first kappa shape index (κ1) is 29.8. The Morgan fingerprint density at radius 1 is 1.08 bits per heavy atom. The number of benzene rings is 2. The molecule has 2 atom stereocenters. The molecule has 0 aromatic heterocycles. The molecule has 10 heteroatoms. The Balaban J connectivity index is 2.22. The Labute approximate surface area is 216 Å². The summed E-state index contributed by atoms with van der Waals surface area (Å²) in [5.41, 5.74) is 2.85. The summed E-state index contributed by atoms with van der Waals surface area (Å²) in [5.74, 6) is -1.04. The number of hydrogen-bond donors (Lipinski definition) is 5. The lowest BCUT2D eigenvalue weighted by Gasteiger charge is -2.38. The summed E-state index contributed by atoms with van der Waals surface area (Å²) >= 11 is 0. The average molecular weight is 537 g/mol. The summed E-state index contributed by atoms with van der Waals surface area (Å²) < 4.78 is 25.9. The standard InChI is InChI=1S/C26H40N2O6SSi/c1-18(13-19-7-9-20(10-8-19)14-25(30)31)27-17-22(16-26(2,3)36(5,6)34)21-11-12-24(29)23(15-21)28-35(4,32)33/h7-12,15,18,22,27-29,34H,13-14,16-17H2,1-6H3,(H,30,31)/t18-,22+/m1/s1. The van der Waals surface area contributed by atoms with Crippen molar-refractivity contribution in [1.29, 1.82) is 0 Å². The van der Waals surface area contributed by atoms with E-state index in [-0.39, 0.29) is 34.9 Å². The highest BCUT2D eigenvalue weighted by Gasteiger charge is 2.40. The summed E-state index contributed by atoms with van der Waals surface area (Å²) in [7, 11) is -6.07. The van der Waals surface area contributed by atoms with Crippen LogP contribution in [0.1, 0.15) is 49.8 Å². The van der Waals surface area contributed by atoms with Crippen LogP contribution in [0.15, 0.2) is 42.5 Å². The Morgan fingerprint density at radius 3 is 2.19 bits per heavy atom. The van der Waals surface area contributed by atoms with Gasteiger partial charge in [-0.15, -0.1) is 0 Å². The number of hydrogen-bond acceptors (Lipinski definition) is 6. The minimum absolute atomic E-state index is 0.00112. The molecular weight excluding hydrogens is 496 g/mol. The van der Waals surface area contributed by atoms with Gasteiger partial charge in [0.25, 0.3) is 0 Å². The molecule has 0 saturated heterocycles. The van der Waals surface area contributed by atoms with Crippen molar-refractivity contribution >= 4 is 30.0 Å². The van der Waals surface area contributed by atoms with Crippen molar-refractivity contribution in [2.45, 2.75) is 70.1 Å². The van der Waals surface area contributed by atoms with Gasteiger partial charge in [-0.2, -0.15) is 0 Å². The van der Waals surface area contributed by atoms with Gasteiger partial charge in [-0.1, -0.05) is 44.2 Å². The van der Waals surface area contributed by atoms with E-state index in [2.05, 4.69) is 30.8 Å². The fraction of sp³-hybridized carbons (Fsp3) is 0.500. The molecule has 8 nitrogen and oxygen atoms in total. The molecule has 0 aliphatic heterocycles. The van der Waals surface area contributed by atoms with E-state index in [1.165, 1.54) is 6.07 Å². The van der Waals surface area contributed by atoms with E-state index in [4.69, 9.17) is 5.11 Å². The van der Waals surface area contributed by atoms with Crippen LogP contribution in [-0.2, 0) is 27.7 Å². The maximum absolute atomic E-state index is 11.8. The highest BCUT2D eigenvalue weighted by molar-refractivity contribution is 7.92. The Kier molecular flexibility index (Phi) is 9.75. The Morgan fingerprint density at radius 2 is 1.67 bits per heavy atom. The SMILES string of the molecule is C[C@H](Cc1ccc(CC(=O)O)cc1)NC[C@H](CC(C)(C)[Si](C)(C)O)c1ccc(O)c(NS(C)(=O)=O)c1. The third-order valence-corrected chi connectivity index (χ3v) is 10.9. The van der Waals surface area contributed by atoms with Crippen LogP contribution >= 0.6 is 0 Å². The zero-order valence-corrected chi connectivity index (χ0v) is 23.8. The molecule has 0 aliphatic carbocycles. The van der Waals surface area contributed by atoms with Crippen LogP contribution in [0.4, 0.5) is 5.69 Å². The van der Waals surface area contributed by atoms with Gasteiger partial charge in [0, 0.05) is 12.6 Å². The number of anilines is 1. The summed E-state index contributed by atoms with van der Waals surface area (Å²) in [4.78, 5) is 21.8. The fourth-order valence-corrected chi connectivity index (χ4v) is 5.31. The second-order valence-electron chi connectivity index (χ2n) is 10.9. The molecule has 2 aromatic rings. The fourth-order valence-electron chi connectivity index (χ4n) is 4.00. The van der Waals surface area contributed by atoms with E-state index in [9.17, 15) is 23.1 Å². The van der Waals surface area contributed by atoms with Gasteiger partial charge < -0.3 is 20.3 Å². The van der Waals surface area contributed by atoms with Crippen molar-refractivity contribution in [3.05, 3.63) is 59.2 Å².